The molecule has 1 aromatic rings. The van der Waals surface area contributed by atoms with Crippen LogP contribution in [0.3, 0.4) is 0 Å². The Balaban J connectivity index is 2.20. The van der Waals surface area contributed by atoms with Gasteiger partial charge < -0.3 is 9.64 Å². The predicted octanol–water partition coefficient (Wildman–Crippen LogP) is 3.44. The SMILES string of the molecule is COc1ccc(CC2(N(C)C)CCC(=O)CC2)cc1Br. The van der Waals surface area contributed by atoms with Gasteiger partial charge in [0.05, 0.1) is 11.6 Å². The van der Waals surface area contributed by atoms with Gasteiger partial charge in [-0.05, 0) is 67.0 Å². The van der Waals surface area contributed by atoms with Crippen molar-refractivity contribution in [2.24, 2.45) is 0 Å². The molecule has 0 atom stereocenters. The first-order valence-electron chi connectivity index (χ1n) is 6.98. The number of nitrogens with zero attached hydrogens (tertiary/aromatic N) is 1. The van der Waals surface area contributed by atoms with E-state index in [1.807, 2.05) is 6.07 Å². The van der Waals surface area contributed by atoms with Gasteiger partial charge in [-0.25, -0.2) is 0 Å². The number of carbonyl (C=O) groups excluding carboxylic acids is 1. The van der Waals surface area contributed by atoms with Gasteiger partial charge in [0.1, 0.15) is 11.5 Å². The number of Topliss-reactive ketones (excluding diaryl/α,β-unsaturated/α-hetero) is 1. The predicted molar refractivity (Wildman–Crippen MR) is 84.3 cm³/mol. The quantitative estimate of drug-likeness (QED) is 0.841. The second-order valence-corrected chi connectivity index (χ2v) is 6.66. The molecule has 1 fully saturated rings. The van der Waals surface area contributed by atoms with E-state index in [4.69, 9.17) is 4.74 Å². The van der Waals surface area contributed by atoms with Crippen LogP contribution >= 0.6 is 15.9 Å². The van der Waals surface area contributed by atoms with Crippen molar-refractivity contribution < 1.29 is 9.53 Å². The van der Waals surface area contributed by atoms with E-state index in [9.17, 15) is 4.79 Å². The molecule has 0 heterocycles. The molecule has 2 rings (SSSR count). The normalized spacial score (nSPS) is 18.4. The lowest BCUT2D eigenvalue weighted by molar-refractivity contribution is -0.122. The highest BCUT2D eigenvalue weighted by atomic mass is 79.9. The summed E-state index contributed by atoms with van der Waals surface area (Å²) in [6.45, 7) is 0. The highest BCUT2D eigenvalue weighted by Gasteiger charge is 2.36. The van der Waals surface area contributed by atoms with Crippen LogP contribution in [0.1, 0.15) is 31.2 Å². The summed E-state index contributed by atoms with van der Waals surface area (Å²) >= 11 is 3.54. The summed E-state index contributed by atoms with van der Waals surface area (Å²) in [6, 6.07) is 6.24. The number of ketones is 1. The average Bonchev–Trinajstić information content (AvgIpc) is 2.41. The van der Waals surface area contributed by atoms with Crippen molar-refractivity contribution in [3.63, 3.8) is 0 Å². The number of likely N-dealkylation sites (N-methyl/N-ethyl adjacent to an activating group) is 1. The minimum absolute atomic E-state index is 0.0991. The fraction of sp³-hybridized carbons (Fsp3) is 0.562. The Kier molecular flexibility index (Phi) is 4.86. The topological polar surface area (TPSA) is 29.5 Å². The summed E-state index contributed by atoms with van der Waals surface area (Å²) in [6.07, 6.45) is 4.27. The Morgan fingerprint density at radius 1 is 1.30 bits per heavy atom. The Morgan fingerprint density at radius 2 is 1.95 bits per heavy atom. The minimum Gasteiger partial charge on any atom is -0.496 e. The zero-order valence-corrected chi connectivity index (χ0v) is 14.0. The number of carbonyl (C=O) groups is 1. The molecular weight excluding hydrogens is 318 g/mol. The molecule has 0 N–H and O–H groups in total. The highest BCUT2D eigenvalue weighted by Crippen LogP contribution is 2.35. The fourth-order valence-corrected chi connectivity index (χ4v) is 3.56. The van der Waals surface area contributed by atoms with Crippen LogP contribution in [0.25, 0.3) is 0 Å². The second-order valence-electron chi connectivity index (χ2n) is 5.80. The molecule has 1 aliphatic carbocycles. The third-order valence-electron chi connectivity index (χ3n) is 4.44. The Labute approximate surface area is 129 Å². The lowest BCUT2D eigenvalue weighted by Crippen LogP contribution is -2.48. The molecule has 0 aromatic heterocycles. The van der Waals surface area contributed by atoms with Crippen LogP contribution in [-0.4, -0.2) is 37.4 Å². The van der Waals surface area contributed by atoms with Gasteiger partial charge in [-0.2, -0.15) is 0 Å². The van der Waals surface area contributed by atoms with Gasteiger partial charge in [-0.3, -0.25) is 4.79 Å². The summed E-state index contributed by atoms with van der Waals surface area (Å²) in [5.74, 6) is 1.25. The molecule has 1 aliphatic rings. The van der Waals surface area contributed by atoms with E-state index < -0.39 is 0 Å². The van der Waals surface area contributed by atoms with E-state index in [-0.39, 0.29) is 5.54 Å². The lowest BCUT2D eigenvalue weighted by Gasteiger charge is -2.43. The number of methoxy groups -OCH3 is 1. The molecule has 0 unspecified atom stereocenters. The van der Waals surface area contributed by atoms with Gasteiger partial charge in [0.2, 0.25) is 0 Å². The molecular formula is C16H22BrNO2. The minimum atomic E-state index is 0.0991. The van der Waals surface area contributed by atoms with Crippen molar-refractivity contribution in [2.75, 3.05) is 21.2 Å². The summed E-state index contributed by atoms with van der Waals surface area (Å²) < 4.78 is 6.26. The van der Waals surface area contributed by atoms with Gasteiger partial charge in [0, 0.05) is 18.4 Å². The van der Waals surface area contributed by atoms with E-state index in [1.165, 1.54) is 5.56 Å². The van der Waals surface area contributed by atoms with E-state index in [1.54, 1.807) is 7.11 Å². The standard InChI is InChI=1S/C16H22BrNO2/c1-18(2)16(8-6-13(19)7-9-16)11-12-4-5-15(20-3)14(17)10-12/h4-5,10H,6-9,11H2,1-3H3. The zero-order valence-electron chi connectivity index (χ0n) is 12.4. The van der Waals surface area contributed by atoms with Crippen LogP contribution in [0.5, 0.6) is 5.75 Å². The molecule has 0 saturated heterocycles. The summed E-state index contributed by atoms with van der Waals surface area (Å²) in [7, 11) is 5.91. The second kappa shape index (κ2) is 6.27. The maximum absolute atomic E-state index is 11.5. The largest absolute Gasteiger partial charge is 0.496 e. The molecule has 0 radical (unpaired) electrons. The monoisotopic (exact) mass is 339 g/mol. The van der Waals surface area contributed by atoms with Crippen LogP contribution in [0.2, 0.25) is 0 Å². The van der Waals surface area contributed by atoms with Gasteiger partial charge in [0.15, 0.2) is 0 Å². The number of hydrogen-bond donors (Lipinski definition) is 0. The van der Waals surface area contributed by atoms with E-state index in [0.717, 1.165) is 29.5 Å². The van der Waals surface area contributed by atoms with Crippen molar-refractivity contribution in [2.45, 2.75) is 37.6 Å². The molecule has 1 aromatic carbocycles. The average molecular weight is 340 g/mol. The number of ether oxygens (including phenoxy) is 1. The molecule has 110 valence electrons. The van der Waals surface area contributed by atoms with Crippen molar-refractivity contribution in [3.8, 4) is 5.75 Å². The lowest BCUT2D eigenvalue weighted by atomic mass is 9.76. The van der Waals surface area contributed by atoms with Gasteiger partial charge in [0.25, 0.3) is 0 Å². The molecule has 4 heteroatoms. The first-order chi connectivity index (χ1) is 9.47. The molecule has 0 spiro atoms. The Bertz CT molecular complexity index is 489. The fourth-order valence-electron chi connectivity index (χ4n) is 2.98. The Morgan fingerprint density at radius 3 is 2.45 bits per heavy atom. The molecule has 3 nitrogen and oxygen atoms in total. The number of rotatable bonds is 4. The van der Waals surface area contributed by atoms with Crippen molar-refractivity contribution in [3.05, 3.63) is 28.2 Å². The van der Waals surface area contributed by atoms with E-state index in [2.05, 4.69) is 47.1 Å². The molecule has 0 bridgehead atoms. The van der Waals surface area contributed by atoms with Crippen LogP contribution < -0.4 is 4.74 Å². The first kappa shape index (κ1) is 15.5. The smallest absolute Gasteiger partial charge is 0.133 e. The third-order valence-corrected chi connectivity index (χ3v) is 5.06. The maximum atomic E-state index is 11.5. The highest BCUT2D eigenvalue weighted by molar-refractivity contribution is 9.10. The van der Waals surface area contributed by atoms with E-state index in [0.29, 0.717) is 18.6 Å². The number of hydrogen-bond acceptors (Lipinski definition) is 3. The molecule has 0 amide bonds. The molecule has 0 aliphatic heterocycles. The number of benzene rings is 1. The van der Waals surface area contributed by atoms with Crippen LogP contribution in [-0.2, 0) is 11.2 Å². The summed E-state index contributed by atoms with van der Waals surface area (Å²) in [5.41, 5.74) is 1.38. The summed E-state index contributed by atoms with van der Waals surface area (Å²) in [5, 5.41) is 0. The maximum Gasteiger partial charge on any atom is 0.133 e. The van der Waals surface area contributed by atoms with Crippen molar-refractivity contribution in [1.29, 1.82) is 0 Å². The van der Waals surface area contributed by atoms with Crippen molar-refractivity contribution in [1.82, 2.24) is 4.90 Å². The third kappa shape index (κ3) is 3.23. The zero-order chi connectivity index (χ0) is 14.8. The molecule has 20 heavy (non-hydrogen) atoms. The summed E-state index contributed by atoms with van der Waals surface area (Å²) in [4.78, 5) is 13.8. The van der Waals surface area contributed by atoms with Crippen LogP contribution in [0.4, 0.5) is 0 Å². The first-order valence-corrected chi connectivity index (χ1v) is 7.78. The molecule has 1 saturated carbocycles. The van der Waals surface area contributed by atoms with Gasteiger partial charge >= 0.3 is 0 Å². The van der Waals surface area contributed by atoms with Gasteiger partial charge in [-0.1, -0.05) is 6.07 Å². The Hall–Kier alpha value is -0.870. The van der Waals surface area contributed by atoms with E-state index >= 15 is 0 Å². The van der Waals surface area contributed by atoms with Gasteiger partial charge in [-0.15, -0.1) is 0 Å². The van der Waals surface area contributed by atoms with Crippen LogP contribution in [0.15, 0.2) is 22.7 Å². The number of halogens is 1. The van der Waals surface area contributed by atoms with Crippen molar-refractivity contribution >= 4 is 21.7 Å². The van der Waals surface area contributed by atoms with Crippen LogP contribution in [0, 0.1) is 0 Å².